The van der Waals surface area contributed by atoms with E-state index >= 15 is 0 Å². The number of carbonyl (C=O) groups is 1. The molecule has 1 unspecified atom stereocenters. The van der Waals surface area contributed by atoms with Gasteiger partial charge in [0.1, 0.15) is 0 Å². The minimum absolute atomic E-state index is 0.0878. The molecule has 2 rings (SSSR count). The Morgan fingerprint density at radius 3 is 2.52 bits per heavy atom. The molecule has 21 heavy (non-hydrogen) atoms. The first kappa shape index (κ1) is 15.8. The van der Waals surface area contributed by atoms with Crippen LogP contribution in [0.25, 0.3) is 0 Å². The van der Waals surface area contributed by atoms with E-state index in [1.807, 2.05) is 24.3 Å². The molecule has 0 radical (unpaired) electrons. The number of amides is 1. The van der Waals surface area contributed by atoms with Gasteiger partial charge in [0.25, 0.3) is 0 Å². The fourth-order valence-electron chi connectivity index (χ4n) is 2.47. The average molecular weight is 292 g/mol. The summed E-state index contributed by atoms with van der Waals surface area (Å²) in [6.07, 6.45) is 4.52. The summed E-state index contributed by atoms with van der Waals surface area (Å²) in [4.78, 5) is 10.9. The van der Waals surface area contributed by atoms with E-state index in [1.54, 1.807) is 0 Å². The van der Waals surface area contributed by atoms with Crippen molar-refractivity contribution < 1.29 is 14.6 Å². The lowest BCUT2D eigenvalue weighted by atomic mass is 10.2. The van der Waals surface area contributed by atoms with E-state index in [-0.39, 0.29) is 5.91 Å². The molecule has 5 heteroatoms. The maximum Gasteiger partial charge on any atom is 0.221 e. The van der Waals surface area contributed by atoms with Crippen LogP contribution >= 0.6 is 0 Å². The average Bonchev–Trinajstić information content (AvgIpc) is 2.97. The van der Waals surface area contributed by atoms with Crippen LogP contribution in [-0.2, 0) is 9.53 Å². The third-order valence-electron chi connectivity index (χ3n) is 3.57. The summed E-state index contributed by atoms with van der Waals surface area (Å²) in [6.45, 7) is 2.31. The fraction of sp³-hybridized carbons (Fsp3) is 0.562. The molecule has 1 aliphatic carbocycles. The van der Waals surface area contributed by atoms with Gasteiger partial charge in [-0.05, 0) is 37.1 Å². The molecule has 1 saturated carbocycles. The van der Waals surface area contributed by atoms with Gasteiger partial charge in [-0.1, -0.05) is 12.8 Å². The number of anilines is 2. The maximum absolute atomic E-state index is 10.9. The quantitative estimate of drug-likeness (QED) is 0.721. The second-order valence-corrected chi connectivity index (χ2v) is 5.53. The van der Waals surface area contributed by atoms with E-state index in [9.17, 15) is 9.90 Å². The van der Waals surface area contributed by atoms with Crippen molar-refractivity contribution in [1.29, 1.82) is 0 Å². The van der Waals surface area contributed by atoms with Crippen LogP contribution < -0.4 is 10.6 Å². The summed E-state index contributed by atoms with van der Waals surface area (Å²) in [5, 5.41) is 15.8. The summed E-state index contributed by atoms with van der Waals surface area (Å²) in [5.74, 6) is -0.0878. The Morgan fingerprint density at radius 1 is 1.29 bits per heavy atom. The molecule has 3 N–H and O–H groups in total. The topological polar surface area (TPSA) is 70.6 Å². The molecule has 0 bridgehead atoms. The Balaban J connectivity index is 1.67. The normalized spacial score (nSPS) is 16.7. The van der Waals surface area contributed by atoms with Crippen molar-refractivity contribution in [1.82, 2.24) is 0 Å². The minimum atomic E-state index is -0.513. The summed E-state index contributed by atoms with van der Waals surface area (Å²) in [7, 11) is 0. The SMILES string of the molecule is CC(=O)Nc1ccc(NCC(O)COC2CCCC2)cc1. The van der Waals surface area contributed by atoms with Crippen LogP contribution in [0.1, 0.15) is 32.6 Å². The Morgan fingerprint density at radius 2 is 1.90 bits per heavy atom. The number of nitrogens with one attached hydrogen (secondary N) is 2. The fourth-order valence-corrected chi connectivity index (χ4v) is 2.47. The van der Waals surface area contributed by atoms with Crippen molar-refractivity contribution >= 4 is 17.3 Å². The van der Waals surface area contributed by atoms with Crippen LogP contribution in [0.3, 0.4) is 0 Å². The monoisotopic (exact) mass is 292 g/mol. The molecule has 0 aliphatic heterocycles. The molecular weight excluding hydrogens is 268 g/mol. The summed E-state index contributed by atoms with van der Waals surface area (Å²) in [6, 6.07) is 7.39. The van der Waals surface area contributed by atoms with Gasteiger partial charge in [-0.2, -0.15) is 0 Å². The van der Waals surface area contributed by atoms with Gasteiger partial charge >= 0.3 is 0 Å². The van der Waals surface area contributed by atoms with Gasteiger partial charge in [0.2, 0.25) is 5.91 Å². The van der Waals surface area contributed by atoms with E-state index in [2.05, 4.69) is 10.6 Å². The van der Waals surface area contributed by atoms with Crippen molar-refractivity contribution in [2.45, 2.75) is 44.8 Å². The van der Waals surface area contributed by atoms with Crippen molar-refractivity contribution in [3.05, 3.63) is 24.3 Å². The Bertz CT molecular complexity index is 441. The highest BCUT2D eigenvalue weighted by Gasteiger charge is 2.16. The van der Waals surface area contributed by atoms with E-state index in [0.29, 0.717) is 19.3 Å². The van der Waals surface area contributed by atoms with Crippen molar-refractivity contribution in [3.8, 4) is 0 Å². The van der Waals surface area contributed by atoms with Gasteiger partial charge in [0.15, 0.2) is 0 Å². The highest BCUT2D eigenvalue weighted by atomic mass is 16.5. The molecule has 1 aliphatic rings. The van der Waals surface area contributed by atoms with Crippen molar-refractivity contribution in [3.63, 3.8) is 0 Å². The van der Waals surface area contributed by atoms with Crippen LogP contribution in [0.5, 0.6) is 0 Å². The smallest absolute Gasteiger partial charge is 0.221 e. The minimum Gasteiger partial charge on any atom is -0.389 e. The van der Waals surface area contributed by atoms with E-state index in [4.69, 9.17) is 4.74 Å². The molecule has 0 saturated heterocycles. The predicted octanol–water partition coefficient (Wildman–Crippen LogP) is 2.38. The molecule has 0 heterocycles. The summed E-state index contributed by atoms with van der Waals surface area (Å²) >= 11 is 0. The van der Waals surface area contributed by atoms with Crippen molar-refractivity contribution in [2.75, 3.05) is 23.8 Å². The molecule has 0 spiro atoms. The van der Waals surface area contributed by atoms with Crippen LogP contribution in [0, 0.1) is 0 Å². The lowest BCUT2D eigenvalue weighted by Crippen LogP contribution is -2.27. The predicted molar refractivity (Wildman–Crippen MR) is 83.5 cm³/mol. The summed E-state index contributed by atoms with van der Waals surface area (Å²) < 4.78 is 5.68. The van der Waals surface area contributed by atoms with E-state index in [1.165, 1.54) is 19.8 Å². The van der Waals surface area contributed by atoms with Crippen molar-refractivity contribution in [2.24, 2.45) is 0 Å². The second-order valence-electron chi connectivity index (χ2n) is 5.53. The van der Waals surface area contributed by atoms with E-state index in [0.717, 1.165) is 24.2 Å². The molecule has 5 nitrogen and oxygen atoms in total. The molecule has 1 aromatic carbocycles. The summed E-state index contributed by atoms with van der Waals surface area (Å²) in [5.41, 5.74) is 1.67. The molecule has 1 fully saturated rings. The first-order chi connectivity index (χ1) is 10.1. The first-order valence-corrected chi connectivity index (χ1v) is 7.54. The number of hydrogen-bond acceptors (Lipinski definition) is 4. The lowest BCUT2D eigenvalue weighted by molar-refractivity contribution is -0.114. The largest absolute Gasteiger partial charge is 0.389 e. The van der Waals surface area contributed by atoms with E-state index < -0.39 is 6.10 Å². The number of aliphatic hydroxyl groups is 1. The molecule has 1 atom stereocenters. The highest BCUT2D eigenvalue weighted by molar-refractivity contribution is 5.88. The van der Waals surface area contributed by atoms with Crippen LogP contribution in [-0.4, -0.2) is 36.4 Å². The number of rotatable bonds is 7. The maximum atomic E-state index is 10.9. The van der Waals surface area contributed by atoms with Crippen LogP contribution in [0.15, 0.2) is 24.3 Å². The standard InChI is InChI=1S/C16H24N2O3/c1-12(19)18-14-8-6-13(7-9-14)17-10-15(20)11-21-16-4-2-3-5-16/h6-9,15-17,20H,2-5,10-11H2,1H3,(H,18,19). The molecule has 0 aromatic heterocycles. The van der Waals surface area contributed by atoms with Crippen LogP contribution in [0.2, 0.25) is 0 Å². The van der Waals surface area contributed by atoms with Gasteiger partial charge in [-0.15, -0.1) is 0 Å². The first-order valence-electron chi connectivity index (χ1n) is 7.54. The van der Waals surface area contributed by atoms with Gasteiger partial charge < -0.3 is 20.5 Å². The number of ether oxygens (including phenoxy) is 1. The third kappa shape index (κ3) is 5.73. The Hall–Kier alpha value is -1.59. The number of carbonyl (C=O) groups excluding carboxylic acids is 1. The zero-order valence-corrected chi connectivity index (χ0v) is 12.5. The zero-order chi connectivity index (χ0) is 15.1. The Labute approximate surface area is 125 Å². The van der Waals surface area contributed by atoms with Gasteiger partial charge in [-0.25, -0.2) is 0 Å². The second kappa shape index (κ2) is 8.00. The highest BCUT2D eigenvalue weighted by Crippen LogP contribution is 2.21. The number of aliphatic hydroxyl groups excluding tert-OH is 1. The third-order valence-corrected chi connectivity index (χ3v) is 3.57. The lowest BCUT2D eigenvalue weighted by Gasteiger charge is -2.16. The number of hydrogen-bond donors (Lipinski definition) is 3. The molecule has 116 valence electrons. The van der Waals surface area contributed by atoms with Gasteiger partial charge in [0, 0.05) is 24.8 Å². The molecule has 1 aromatic rings. The molecular formula is C16H24N2O3. The molecule has 1 amide bonds. The number of benzene rings is 1. The zero-order valence-electron chi connectivity index (χ0n) is 12.5. The van der Waals surface area contributed by atoms with Gasteiger partial charge in [-0.3, -0.25) is 4.79 Å². The van der Waals surface area contributed by atoms with Gasteiger partial charge in [0.05, 0.1) is 18.8 Å². The van der Waals surface area contributed by atoms with Crippen LogP contribution in [0.4, 0.5) is 11.4 Å². The Kier molecular flexibility index (Phi) is 6.02.